The zero-order chi connectivity index (χ0) is 14.9. The number of rotatable bonds is 3. The summed E-state index contributed by atoms with van der Waals surface area (Å²) in [6.45, 7) is 0. The first-order valence-corrected chi connectivity index (χ1v) is 8.72. The maximum Gasteiger partial charge on any atom is 0.240 e. The number of hydrogen-bond acceptors (Lipinski definition) is 3. The molecule has 0 spiro atoms. The second kappa shape index (κ2) is 5.75. The first-order valence-electron chi connectivity index (χ1n) is 7.24. The molecule has 0 amide bonds. The number of hydrogen-bond donors (Lipinski definition) is 2. The largest absolute Gasteiger partial charge is 0.393 e. The molecule has 5 heteroatoms. The van der Waals surface area contributed by atoms with E-state index in [0.717, 1.165) is 10.8 Å². The summed E-state index contributed by atoms with van der Waals surface area (Å²) in [5, 5.41) is 11.4. The molecule has 0 radical (unpaired) electrons. The van der Waals surface area contributed by atoms with Gasteiger partial charge in [0.2, 0.25) is 10.0 Å². The minimum absolute atomic E-state index is 0.0788. The average Bonchev–Trinajstić information content (AvgIpc) is 2.49. The maximum atomic E-state index is 12.5. The molecule has 0 aromatic heterocycles. The summed E-state index contributed by atoms with van der Waals surface area (Å²) in [6, 6.07) is 12.8. The summed E-state index contributed by atoms with van der Waals surface area (Å²) in [6.07, 6.45) is 2.41. The fourth-order valence-electron chi connectivity index (χ4n) is 2.82. The van der Waals surface area contributed by atoms with Gasteiger partial charge < -0.3 is 5.11 Å². The Kier molecular flexibility index (Phi) is 3.97. The number of fused-ring (bicyclic) bond motifs is 1. The van der Waals surface area contributed by atoms with E-state index >= 15 is 0 Å². The Bertz CT molecular complexity index is 734. The maximum absolute atomic E-state index is 12.5. The molecule has 112 valence electrons. The van der Waals surface area contributed by atoms with Gasteiger partial charge in [-0.05, 0) is 48.6 Å². The van der Waals surface area contributed by atoms with Crippen molar-refractivity contribution in [3.05, 3.63) is 42.5 Å². The van der Waals surface area contributed by atoms with Crippen molar-refractivity contribution in [2.75, 3.05) is 0 Å². The Morgan fingerprint density at radius 3 is 2.33 bits per heavy atom. The molecule has 0 aliphatic heterocycles. The predicted molar refractivity (Wildman–Crippen MR) is 82.5 cm³/mol. The molecule has 2 aromatic rings. The zero-order valence-electron chi connectivity index (χ0n) is 11.7. The van der Waals surface area contributed by atoms with Gasteiger partial charge in [0.1, 0.15) is 0 Å². The highest BCUT2D eigenvalue weighted by Gasteiger charge is 2.24. The van der Waals surface area contributed by atoms with Crippen molar-refractivity contribution in [1.29, 1.82) is 0 Å². The second-order valence-electron chi connectivity index (χ2n) is 5.64. The molecule has 2 N–H and O–H groups in total. The fourth-order valence-corrected chi connectivity index (χ4v) is 4.16. The van der Waals surface area contributed by atoms with Crippen molar-refractivity contribution < 1.29 is 13.5 Å². The van der Waals surface area contributed by atoms with E-state index in [1.54, 1.807) is 12.1 Å². The van der Waals surface area contributed by atoms with E-state index in [1.807, 2.05) is 30.3 Å². The Balaban J connectivity index is 1.82. The van der Waals surface area contributed by atoms with Crippen LogP contribution in [0.25, 0.3) is 10.8 Å². The lowest BCUT2D eigenvalue weighted by Crippen LogP contribution is -2.38. The van der Waals surface area contributed by atoms with Gasteiger partial charge >= 0.3 is 0 Å². The molecule has 1 saturated carbocycles. The van der Waals surface area contributed by atoms with Crippen molar-refractivity contribution in [3.8, 4) is 0 Å². The Labute approximate surface area is 124 Å². The van der Waals surface area contributed by atoms with Crippen LogP contribution in [0.15, 0.2) is 47.4 Å². The van der Waals surface area contributed by atoms with Crippen molar-refractivity contribution in [3.63, 3.8) is 0 Å². The van der Waals surface area contributed by atoms with Crippen molar-refractivity contribution in [2.24, 2.45) is 0 Å². The van der Waals surface area contributed by atoms with E-state index < -0.39 is 10.0 Å². The Morgan fingerprint density at radius 2 is 1.62 bits per heavy atom. The smallest absolute Gasteiger partial charge is 0.240 e. The van der Waals surface area contributed by atoms with Gasteiger partial charge in [-0.15, -0.1) is 0 Å². The fraction of sp³-hybridized carbons (Fsp3) is 0.375. The Hall–Kier alpha value is -1.43. The number of aliphatic hydroxyl groups is 1. The molecule has 21 heavy (non-hydrogen) atoms. The molecular formula is C16H19NO3S. The topological polar surface area (TPSA) is 66.4 Å². The van der Waals surface area contributed by atoms with Crippen LogP contribution in [0.3, 0.4) is 0 Å². The number of benzene rings is 2. The van der Waals surface area contributed by atoms with Gasteiger partial charge in [-0.1, -0.05) is 30.3 Å². The minimum Gasteiger partial charge on any atom is -0.393 e. The van der Waals surface area contributed by atoms with Crippen molar-refractivity contribution in [1.82, 2.24) is 4.72 Å². The van der Waals surface area contributed by atoms with Crippen LogP contribution in [0.1, 0.15) is 25.7 Å². The zero-order valence-corrected chi connectivity index (χ0v) is 12.5. The van der Waals surface area contributed by atoms with Gasteiger partial charge in [-0.3, -0.25) is 0 Å². The highest BCUT2D eigenvalue weighted by molar-refractivity contribution is 7.89. The number of sulfonamides is 1. The van der Waals surface area contributed by atoms with E-state index in [4.69, 9.17) is 0 Å². The summed E-state index contributed by atoms with van der Waals surface area (Å²) in [5.74, 6) is 0. The third-order valence-corrected chi connectivity index (χ3v) is 5.57. The van der Waals surface area contributed by atoms with Gasteiger partial charge in [0.25, 0.3) is 0 Å². The monoisotopic (exact) mass is 305 g/mol. The van der Waals surface area contributed by atoms with Gasteiger partial charge in [0, 0.05) is 6.04 Å². The first-order chi connectivity index (χ1) is 10.0. The van der Waals surface area contributed by atoms with Gasteiger partial charge in [-0.25, -0.2) is 13.1 Å². The SMILES string of the molecule is O=S(=O)(NC1CCC(O)CC1)c1ccc2ccccc2c1. The Morgan fingerprint density at radius 1 is 0.952 bits per heavy atom. The van der Waals surface area contributed by atoms with Crippen molar-refractivity contribution in [2.45, 2.75) is 42.7 Å². The van der Waals surface area contributed by atoms with Gasteiger partial charge in [-0.2, -0.15) is 0 Å². The van der Waals surface area contributed by atoms with Crippen LogP contribution in [0.2, 0.25) is 0 Å². The van der Waals surface area contributed by atoms with Crippen LogP contribution < -0.4 is 4.72 Å². The molecule has 0 unspecified atom stereocenters. The van der Waals surface area contributed by atoms with E-state index in [-0.39, 0.29) is 12.1 Å². The summed E-state index contributed by atoms with van der Waals surface area (Å²) < 4.78 is 27.7. The highest BCUT2D eigenvalue weighted by Crippen LogP contribution is 2.22. The lowest BCUT2D eigenvalue weighted by molar-refractivity contribution is 0.120. The molecule has 1 fully saturated rings. The molecule has 0 saturated heterocycles. The van der Waals surface area contributed by atoms with Gasteiger partial charge in [0.05, 0.1) is 11.0 Å². The van der Waals surface area contributed by atoms with Crippen molar-refractivity contribution >= 4 is 20.8 Å². The summed E-state index contributed by atoms with van der Waals surface area (Å²) >= 11 is 0. The van der Waals surface area contributed by atoms with Crippen LogP contribution in [-0.4, -0.2) is 25.7 Å². The first kappa shape index (κ1) is 14.5. The van der Waals surface area contributed by atoms with Crippen LogP contribution in [-0.2, 0) is 10.0 Å². The number of nitrogens with one attached hydrogen (secondary N) is 1. The van der Waals surface area contributed by atoms with Gasteiger partial charge in [0.15, 0.2) is 0 Å². The quantitative estimate of drug-likeness (QED) is 0.915. The van der Waals surface area contributed by atoms with E-state index in [2.05, 4.69) is 4.72 Å². The second-order valence-corrected chi connectivity index (χ2v) is 7.35. The molecule has 4 nitrogen and oxygen atoms in total. The average molecular weight is 305 g/mol. The van der Waals surface area contributed by atoms with E-state index in [1.165, 1.54) is 0 Å². The summed E-state index contributed by atoms with van der Waals surface area (Å²) in [5.41, 5.74) is 0. The van der Waals surface area contributed by atoms with E-state index in [9.17, 15) is 13.5 Å². The molecule has 3 rings (SSSR count). The van der Waals surface area contributed by atoms with E-state index in [0.29, 0.717) is 30.6 Å². The van der Waals surface area contributed by atoms with Crippen LogP contribution in [0, 0.1) is 0 Å². The standard InChI is InChI=1S/C16H19NO3S/c18-15-8-6-14(7-9-15)17-21(19,20)16-10-5-12-3-1-2-4-13(12)11-16/h1-5,10-11,14-15,17-18H,6-9H2. The normalized spacial score (nSPS) is 23.3. The lowest BCUT2D eigenvalue weighted by atomic mass is 9.94. The lowest BCUT2D eigenvalue weighted by Gasteiger charge is -2.26. The summed E-state index contributed by atoms with van der Waals surface area (Å²) in [4.78, 5) is 0.298. The molecule has 1 aliphatic rings. The number of aliphatic hydroxyl groups excluding tert-OH is 1. The van der Waals surface area contributed by atoms with Crippen LogP contribution in [0.4, 0.5) is 0 Å². The minimum atomic E-state index is -3.50. The van der Waals surface area contributed by atoms with Crippen LogP contribution >= 0.6 is 0 Å². The predicted octanol–water partition coefficient (Wildman–Crippen LogP) is 2.42. The molecule has 0 heterocycles. The third kappa shape index (κ3) is 3.26. The molecule has 0 atom stereocenters. The molecule has 2 aromatic carbocycles. The summed E-state index contributed by atoms with van der Waals surface area (Å²) in [7, 11) is -3.50. The molecular weight excluding hydrogens is 286 g/mol. The third-order valence-electron chi connectivity index (χ3n) is 4.05. The molecule has 0 bridgehead atoms. The highest BCUT2D eigenvalue weighted by atomic mass is 32.2. The van der Waals surface area contributed by atoms with Crippen LogP contribution in [0.5, 0.6) is 0 Å². The molecule has 1 aliphatic carbocycles.